The van der Waals surface area contributed by atoms with Gasteiger partial charge < -0.3 is 5.73 Å². The van der Waals surface area contributed by atoms with Gasteiger partial charge in [-0.3, -0.25) is 19.8 Å². The van der Waals surface area contributed by atoms with E-state index in [4.69, 9.17) is 10.7 Å². The zero-order valence-corrected chi connectivity index (χ0v) is 20.6. The fourth-order valence-electron chi connectivity index (χ4n) is 6.16. The summed E-state index contributed by atoms with van der Waals surface area (Å²) in [6.45, 7) is 9.36. The van der Waals surface area contributed by atoms with E-state index in [2.05, 4.69) is 74.5 Å². The zero-order chi connectivity index (χ0) is 24.0. The Kier molecular flexibility index (Phi) is 5.78. The Morgan fingerprint density at radius 2 is 2.15 bits per heavy atom. The number of hydrazone groups is 1. The molecule has 1 saturated carbocycles. The molecule has 6 heteroatoms. The Labute approximate surface area is 202 Å². The summed E-state index contributed by atoms with van der Waals surface area (Å²) in [6.07, 6.45) is 10.8. The topological polar surface area (TPSA) is 83.9 Å². The molecule has 178 valence electrons. The lowest BCUT2D eigenvalue weighted by Gasteiger charge is -2.34. The van der Waals surface area contributed by atoms with E-state index in [-0.39, 0.29) is 23.4 Å². The van der Waals surface area contributed by atoms with Crippen molar-refractivity contribution in [1.82, 2.24) is 9.99 Å². The van der Waals surface area contributed by atoms with Crippen LogP contribution in [0.3, 0.4) is 0 Å². The number of hydrogen-bond donors (Lipinski definition) is 1. The number of primary amides is 1. The molecule has 1 aromatic heterocycles. The Balaban J connectivity index is 1.41. The van der Waals surface area contributed by atoms with Crippen molar-refractivity contribution < 1.29 is 4.79 Å². The van der Waals surface area contributed by atoms with Gasteiger partial charge in [0.25, 0.3) is 0 Å². The first-order valence-electron chi connectivity index (χ1n) is 12.5. The van der Waals surface area contributed by atoms with Crippen molar-refractivity contribution in [3.8, 4) is 0 Å². The summed E-state index contributed by atoms with van der Waals surface area (Å²) in [7, 11) is 0. The third-order valence-electron chi connectivity index (χ3n) is 8.84. The average molecular weight is 458 g/mol. The van der Waals surface area contributed by atoms with Gasteiger partial charge in [0, 0.05) is 30.2 Å². The SMILES string of the molecule is CCC1CC(C=NC2C(C(N)=O)C=NN3C=C(c4ccc5ncccc5c4)CC23)C(C)(C)C1C. The standard InChI is InChI=1S/C28H35N5O/c1-5-18-12-22(28(3,4)17(18)2)14-31-26-23(27(29)34)15-32-33-16-21(13-25(26)33)19-8-9-24-20(11-19)7-6-10-30-24/h6-11,14-18,22-23,25-26H,5,12-13H2,1-4H3,(H2,29,34). The Morgan fingerprint density at radius 1 is 1.32 bits per heavy atom. The second-order valence-electron chi connectivity index (χ2n) is 10.8. The highest BCUT2D eigenvalue weighted by Crippen LogP contribution is 2.51. The number of carbonyl (C=O) groups excluding carboxylic acids is 1. The first-order chi connectivity index (χ1) is 16.3. The number of nitrogens with zero attached hydrogens (tertiary/aromatic N) is 4. The lowest BCUT2D eigenvalue weighted by atomic mass is 9.75. The zero-order valence-electron chi connectivity index (χ0n) is 20.6. The molecule has 34 heavy (non-hydrogen) atoms. The van der Waals surface area contributed by atoms with Crippen molar-refractivity contribution in [3.63, 3.8) is 0 Å². The fraction of sp³-hybridized carbons (Fsp3) is 0.500. The van der Waals surface area contributed by atoms with Crippen molar-refractivity contribution in [2.45, 2.75) is 59.0 Å². The van der Waals surface area contributed by atoms with Crippen LogP contribution in [0.25, 0.3) is 16.5 Å². The summed E-state index contributed by atoms with van der Waals surface area (Å²) < 4.78 is 0. The van der Waals surface area contributed by atoms with Crippen LogP contribution in [0.2, 0.25) is 0 Å². The lowest BCUT2D eigenvalue weighted by molar-refractivity contribution is -0.120. The third-order valence-corrected chi connectivity index (χ3v) is 8.84. The molecule has 5 rings (SSSR count). The molecule has 3 aliphatic rings. The Bertz CT molecular complexity index is 1180. The number of carbonyl (C=O) groups is 1. The van der Waals surface area contributed by atoms with Gasteiger partial charge in [0.1, 0.15) is 0 Å². The van der Waals surface area contributed by atoms with E-state index < -0.39 is 5.92 Å². The molecule has 6 unspecified atom stereocenters. The fourth-order valence-corrected chi connectivity index (χ4v) is 6.16. The number of aromatic nitrogens is 1. The van der Waals surface area contributed by atoms with Gasteiger partial charge in [0.15, 0.2) is 0 Å². The van der Waals surface area contributed by atoms with Crippen molar-refractivity contribution in [2.75, 3.05) is 0 Å². The average Bonchev–Trinajstić information content (AvgIpc) is 3.36. The quantitative estimate of drug-likeness (QED) is 0.648. The predicted molar refractivity (Wildman–Crippen MR) is 138 cm³/mol. The normalized spacial score (nSPS) is 32.4. The van der Waals surface area contributed by atoms with E-state index in [9.17, 15) is 4.79 Å². The molecule has 0 radical (unpaired) electrons. The molecular formula is C28H35N5O. The Hall–Kier alpha value is -3.02. The van der Waals surface area contributed by atoms with Crippen LogP contribution in [0.5, 0.6) is 0 Å². The minimum atomic E-state index is -0.491. The summed E-state index contributed by atoms with van der Waals surface area (Å²) in [5.74, 6) is 0.906. The van der Waals surface area contributed by atoms with E-state index >= 15 is 0 Å². The number of hydrogen-bond acceptors (Lipinski definition) is 5. The molecule has 6 nitrogen and oxygen atoms in total. The van der Waals surface area contributed by atoms with Crippen molar-refractivity contribution in [1.29, 1.82) is 0 Å². The second kappa shape index (κ2) is 8.64. The highest BCUT2D eigenvalue weighted by molar-refractivity contribution is 5.94. The van der Waals surface area contributed by atoms with Gasteiger partial charge in [-0.25, -0.2) is 0 Å². The summed E-state index contributed by atoms with van der Waals surface area (Å²) in [6, 6.07) is 10.1. The molecule has 1 aromatic carbocycles. The molecule has 2 N–H and O–H groups in total. The van der Waals surface area contributed by atoms with Crippen LogP contribution < -0.4 is 5.73 Å². The van der Waals surface area contributed by atoms with E-state index in [1.165, 1.54) is 12.0 Å². The second-order valence-corrected chi connectivity index (χ2v) is 10.8. The van der Waals surface area contributed by atoms with Crippen LogP contribution in [0, 0.1) is 29.1 Å². The van der Waals surface area contributed by atoms with Crippen LogP contribution in [0.4, 0.5) is 0 Å². The molecule has 0 saturated heterocycles. The molecule has 1 amide bonds. The highest BCUT2D eigenvalue weighted by Gasteiger charge is 2.46. The van der Waals surface area contributed by atoms with E-state index in [0.29, 0.717) is 17.8 Å². The number of fused-ring (bicyclic) bond motifs is 2. The van der Waals surface area contributed by atoms with Crippen LogP contribution in [-0.4, -0.2) is 40.4 Å². The summed E-state index contributed by atoms with van der Waals surface area (Å²) in [4.78, 5) is 21.9. The van der Waals surface area contributed by atoms with Gasteiger partial charge >= 0.3 is 0 Å². The molecule has 2 aromatic rings. The number of benzene rings is 1. The molecule has 0 spiro atoms. The first-order valence-corrected chi connectivity index (χ1v) is 12.5. The number of nitrogens with two attached hydrogens (primary N) is 1. The third kappa shape index (κ3) is 3.83. The number of pyridine rings is 1. The van der Waals surface area contributed by atoms with Crippen molar-refractivity contribution >= 4 is 34.8 Å². The Morgan fingerprint density at radius 3 is 2.88 bits per heavy atom. The van der Waals surface area contributed by atoms with Crippen molar-refractivity contribution in [3.05, 3.63) is 48.3 Å². The summed E-state index contributed by atoms with van der Waals surface area (Å²) >= 11 is 0. The van der Waals surface area contributed by atoms with E-state index in [1.54, 1.807) is 6.21 Å². The van der Waals surface area contributed by atoms with Crippen LogP contribution >= 0.6 is 0 Å². The first kappa shape index (κ1) is 22.8. The summed E-state index contributed by atoms with van der Waals surface area (Å²) in [5.41, 5.74) is 9.32. The largest absolute Gasteiger partial charge is 0.369 e. The van der Waals surface area contributed by atoms with Gasteiger partial charge in [-0.1, -0.05) is 46.2 Å². The van der Waals surface area contributed by atoms with Gasteiger partial charge in [0.2, 0.25) is 5.91 Å². The maximum absolute atomic E-state index is 12.3. The number of rotatable bonds is 5. The molecular weight excluding hydrogens is 422 g/mol. The molecule has 3 heterocycles. The van der Waals surface area contributed by atoms with E-state index in [1.807, 2.05) is 17.3 Å². The lowest BCUT2D eigenvalue weighted by Crippen LogP contribution is -2.48. The maximum Gasteiger partial charge on any atom is 0.228 e. The maximum atomic E-state index is 12.3. The monoisotopic (exact) mass is 457 g/mol. The smallest absolute Gasteiger partial charge is 0.228 e. The van der Waals surface area contributed by atoms with Gasteiger partial charge in [-0.15, -0.1) is 0 Å². The molecule has 0 bridgehead atoms. The van der Waals surface area contributed by atoms with Crippen molar-refractivity contribution in [2.24, 2.45) is 44.9 Å². The molecule has 1 fully saturated rings. The molecule has 6 atom stereocenters. The molecule has 1 aliphatic carbocycles. The van der Waals surface area contributed by atoms with Gasteiger partial charge in [0.05, 0.1) is 23.5 Å². The van der Waals surface area contributed by atoms with Crippen LogP contribution in [0.15, 0.2) is 52.8 Å². The van der Waals surface area contributed by atoms with Gasteiger partial charge in [-0.05, 0) is 65.3 Å². The highest BCUT2D eigenvalue weighted by atomic mass is 16.1. The predicted octanol–water partition coefficient (Wildman–Crippen LogP) is 4.90. The number of amides is 1. The molecule has 2 aliphatic heterocycles. The van der Waals surface area contributed by atoms with Gasteiger partial charge in [-0.2, -0.15) is 5.10 Å². The number of aliphatic imine (C=N–C) groups is 1. The van der Waals surface area contributed by atoms with Crippen LogP contribution in [-0.2, 0) is 4.79 Å². The van der Waals surface area contributed by atoms with Crippen LogP contribution in [0.1, 0.15) is 52.5 Å². The minimum absolute atomic E-state index is 0.0118. The minimum Gasteiger partial charge on any atom is -0.369 e. The van der Waals surface area contributed by atoms with E-state index in [0.717, 1.165) is 29.3 Å². The summed E-state index contributed by atoms with van der Waals surface area (Å²) in [5, 5.41) is 7.66.